The van der Waals surface area contributed by atoms with Crippen LogP contribution in [-0.4, -0.2) is 57.6 Å². The number of carbonyl (C=O) groups is 2. The lowest BCUT2D eigenvalue weighted by molar-refractivity contribution is 0.0744. The highest BCUT2D eigenvalue weighted by molar-refractivity contribution is 6.06. The number of nitrogens with zero attached hydrogens (tertiary/aromatic N) is 7. The van der Waals surface area contributed by atoms with Gasteiger partial charge in [0, 0.05) is 55.9 Å². The zero-order valence-corrected chi connectivity index (χ0v) is 25.3. The number of benzene rings is 3. The molecule has 0 spiro atoms. The minimum Gasteiger partial charge on any atom is -0.368 e. The summed E-state index contributed by atoms with van der Waals surface area (Å²) in [7, 11) is 0. The zero-order valence-electron chi connectivity index (χ0n) is 25.3. The van der Waals surface area contributed by atoms with Crippen LogP contribution in [0.3, 0.4) is 0 Å². The van der Waals surface area contributed by atoms with Crippen molar-refractivity contribution in [3.63, 3.8) is 0 Å². The fourth-order valence-electron chi connectivity index (χ4n) is 5.64. The first-order valence-corrected chi connectivity index (χ1v) is 14.8. The SMILES string of the molecule is Cc1noc(C)c1C(=O)N1CCN(c2ccc(N(Cc3cncn3Cc3ccc(C#N)cc3)C(=O)c3ccccc3)cc2)CC1. The molecule has 6 rings (SSSR count). The highest BCUT2D eigenvalue weighted by Gasteiger charge is 2.27. The number of piperazine rings is 1. The fourth-order valence-corrected chi connectivity index (χ4v) is 5.64. The maximum atomic E-state index is 13.9. The molecule has 3 heterocycles. The minimum atomic E-state index is -0.110. The molecule has 0 N–H and O–H groups in total. The third-order valence-corrected chi connectivity index (χ3v) is 8.16. The Morgan fingerprint density at radius 1 is 0.933 bits per heavy atom. The quantitative estimate of drug-likeness (QED) is 0.241. The summed E-state index contributed by atoms with van der Waals surface area (Å²) in [5, 5.41) is 13.1. The van der Waals surface area contributed by atoms with Gasteiger partial charge in [0.05, 0.1) is 35.9 Å². The Balaban J connectivity index is 1.19. The van der Waals surface area contributed by atoms with Crippen molar-refractivity contribution in [3.8, 4) is 6.07 Å². The number of amides is 2. The highest BCUT2D eigenvalue weighted by Crippen LogP contribution is 2.26. The fraction of sp³-hybridized carbons (Fsp3) is 0.229. The van der Waals surface area contributed by atoms with E-state index in [4.69, 9.17) is 9.78 Å². The van der Waals surface area contributed by atoms with E-state index in [1.165, 1.54) is 0 Å². The molecule has 5 aromatic rings. The third kappa shape index (κ3) is 6.33. The van der Waals surface area contributed by atoms with Crippen LogP contribution in [0.15, 0.2) is 95.9 Å². The molecule has 0 aliphatic carbocycles. The average Bonchev–Trinajstić information content (AvgIpc) is 3.67. The van der Waals surface area contributed by atoms with Crippen molar-refractivity contribution in [1.82, 2.24) is 19.6 Å². The number of hydrogen-bond donors (Lipinski definition) is 0. The van der Waals surface area contributed by atoms with E-state index in [0.717, 1.165) is 22.6 Å². The maximum absolute atomic E-state index is 13.9. The van der Waals surface area contributed by atoms with Crippen LogP contribution in [0.5, 0.6) is 0 Å². The molecule has 2 amide bonds. The zero-order chi connectivity index (χ0) is 31.3. The van der Waals surface area contributed by atoms with E-state index in [0.29, 0.717) is 67.4 Å². The van der Waals surface area contributed by atoms with Crippen LogP contribution in [0.25, 0.3) is 0 Å². The number of nitriles is 1. The first kappa shape index (κ1) is 29.4. The highest BCUT2D eigenvalue weighted by atomic mass is 16.5. The summed E-state index contributed by atoms with van der Waals surface area (Å²) in [5.74, 6) is 0.387. The minimum absolute atomic E-state index is 0.0465. The van der Waals surface area contributed by atoms with E-state index in [9.17, 15) is 9.59 Å². The van der Waals surface area contributed by atoms with Crippen molar-refractivity contribution in [2.75, 3.05) is 36.0 Å². The van der Waals surface area contributed by atoms with Gasteiger partial charge in [-0.1, -0.05) is 35.5 Å². The molecule has 1 aliphatic rings. The van der Waals surface area contributed by atoms with E-state index in [1.807, 2.05) is 76.2 Å². The average molecular weight is 600 g/mol. The van der Waals surface area contributed by atoms with Gasteiger partial charge in [-0.2, -0.15) is 5.26 Å². The van der Waals surface area contributed by atoms with Crippen molar-refractivity contribution in [2.45, 2.75) is 26.9 Å². The molecular formula is C35H33N7O3. The molecule has 0 radical (unpaired) electrons. The van der Waals surface area contributed by atoms with Crippen LogP contribution in [-0.2, 0) is 13.1 Å². The van der Waals surface area contributed by atoms with E-state index in [-0.39, 0.29) is 11.8 Å². The summed E-state index contributed by atoms with van der Waals surface area (Å²) in [6.07, 6.45) is 3.55. The number of rotatable bonds is 8. The van der Waals surface area contributed by atoms with Crippen molar-refractivity contribution < 1.29 is 14.1 Å². The van der Waals surface area contributed by atoms with Crippen LogP contribution in [0.2, 0.25) is 0 Å². The van der Waals surface area contributed by atoms with Crippen LogP contribution >= 0.6 is 0 Å². The Morgan fingerprint density at radius 3 is 2.29 bits per heavy atom. The number of carbonyl (C=O) groups excluding carboxylic acids is 2. The van der Waals surface area contributed by atoms with Crippen LogP contribution < -0.4 is 9.80 Å². The predicted octanol–water partition coefficient (Wildman–Crippen LogP) is 5.22. The Labute approximate surface area is 261 Å². The van der Waals surface area contributed by atoms with Gasteiger partial charge in [-0.05, 0) is 67.9 Å². The summed E-state index contributed by atoms with van der Waals surface area (Å²) < 4.78 is 7.21. The monoisotopic (exact) mass is 599 g/mol. The van der Waals surface area contributed by atoms with Gasteiger partial charge in [0.2, 0.25) is 0 Å². The number of anilines is 2. The van der Waals surface area contributed by atoms with Crippen molar-refractivity contribution in [2.24, 2.45) is 0 Å². The molecule has 45 heavy (non-hydrogen) atoms. The van der Waals surface area contributed by atoms with Crippen LogP contribution in [0, 0.1) is 25.2 Å². The maximum Gasteiger partial charge on any atom is 0.259 e. The van der Waals surface area contributed by atoms with Crippen LogP contribution in [0.4, 0.5) is 11.4 Å². The first-order chi connectivity index (χ1) is 21.9. The van der Waals surface area contributed by atoms with Gasteiger partial charge in [-0.15, -0.1) is 0 Å². The summed E-state index contributed by atoms with van der Waals surface area (Å²) in [6, 6.07) is 26.9. The lowest BCUT2D eigenvalue weighted by atomic mass is 10.1. The molecule has 10 nitrogen and oxygen atoms in total. The van der Waals surface area contributed by atoms with Gasteiger partial charge in [0.15, 0.2) is 0 Å². The standard InChI is InChI=1S/C35H33N7O3/c1-25-33(26(2)45-38-25)35(44)40-18-16-39(17-19-40)30-12-14-31(15-13-30)42(34(43)29-6-4-3-5-7-29)23-32-21-37-24-41(32)22-28-10-8-27(20-36)9-11-28/h3-15,21,24H,16-19,22-23H2,1-2H3. The lowest BCUT2D eigenvalue weighted by Crippen LogP contribution is -2.49. The Hall–Kier alpha value is -5.69. The normalized spacial score (nSPS) is 13.0. The Kier molecular flexibility index (Phi) is 8.42. The van der Waals surface area contributed by atoms with E-state index in [2.05, 4.69) is 21.1 Å². The number of aryl methyl sites for hydroxylation is 2. The number of imidazole rings is 1. The molecule has 1 fully saturated rings. The second kappa shape index (κ2) is 12.9. The summed E-state index contributed by atoms with van der Waals surface area (Å²) in [4.78, 5) is 37.2. The largest absolute Gasteiger partial charge is 0.368 e. The van der Waals surface area contributed by atoms with Gasteiger partial charge in [0.1, 0.15) is 11.3 Å². The molecule has 0 atom stereocenters. The molecule has 10 heteroatoms. The first-order valence-electron chi connectivity index (χ1n) is 14.8. The second-order valence-electron chi connectivity index (χ2n) is 11.1. The van der Waals surface area contributed by atoms with E-state index < -0.39 is 0 Å². The van der Waals surface area contributed by atoms with Crippen molar-refractivity contribution in [3.05, 3.63) is 131 Å². The smallest absolute Gasteiger partial charge is 0.259 e. The summed E-state index contributed by atoms with van der Waals surface area (Å²) >= 11 is 0. The van der Waals surface area contributed by atoms with Gasteiger partial charge in [0.25, 0.3) is 11.8 Å². The number of aromatic nitrogens is 3. The molecular weight excluding hydrogens is 566 g/mol. The van der Waals surface area contributed by atoms with Crippen molar-refractivity contribution in [1.29, 1.82) is 5.26 Å². The van der Waals surface area contributed by atoms with Gasteiger partial charge in [-0.3, -0.25) is 9.59 Å². The Bertz CT molecular complexity index is 1810. The third-order valence-electron chi connectivity index (χ3n) is 8.16. The molecule has 1 saturated heterocycles. The van der Waals surface area contributed by atoms with Gasteiger partial charge >= 0.3 is 0 Å². The molecule has 0 unspecified atom stereocenters. The molecule has 0 saturated carbocycles. The number of hydrogen-bond acceptors (Lipinski definition) is 7. The van der Waals surface area contributed by atoms with Gasteiger partial charge < -0.3 is 23.8 Å². The Morgan fingerprint density at radius 2 is 1.64 bits per heavy atom. The second-order valence-corrected chi connectivity index (χ2v) is 11.1. The molecule has 226 valence electrons. The lowest BCUT2D eigenvalue weighted by Gasteiger charge is -2.36. The van der Waals surface area contributed by atoms with E-state index in [1.54, 1.807) is 43.4 Å². The van der Waals surface area contributed by atoms with Gasteiger partial charge in [-0.25, -0.2) is 4.98 Å². The van der Waals surface area contributed by atoms with Crippen molar-refractivity contribution >= 4 is 23.2 Å². The molecule has 1 aliphatic heterocycles. The molecule has 2 aromatic heterocycles. The van der Waals surface area contributed by atoms with E-state index >= 15 is 0 Å². The molecule has 0 bridgehead atoms. The summed E-state index contributed by atoms with van der Waals surface area (Å²) in [5.41, 5.74) is 6.08. The topological polar surface area (TPSA) is 112 Å². The summed E-state index contributed by atoms with van der Waals surface area (Å²) in [6.45, 7) is 7.00. The predicted molar refractivity (Wildman–Crippen MR) is 170 cm³/mol. The molecule has 3 aromatic carbocycles. The van der Waals surface area contributed by atoms with Crippen LogP contribution in [0.1, 0.15) is 49.0 Å².